The van der Waals surface area contributed by atoms with Gasteiger partial charge in [0.15, 0.2) is 10.4 Å². The number of aromatic nitrogens is 1. The quantitative estimate of drug-likeness (QED) is 0.284. The van der Waals surface area contributed by atoms with Crippen LogP contribution in [0.2, 0.25) is 0 Å². The number of rotatable bonds is 8. The van der Waals surface area contributed by atoms with Crippen molar-refractivity contribution in [2.45, 2.75) is 29.2 Å². The van der Waals surface area contributed by atoms with Gasteiger partial charge in [0.1, 0.15) is 5.75 Å². The van der Waals surface area contributed by atoms with E-state index < -0.39 is 22.9 Å². The number of anilines is 1. The molecule has 166 valence electrons. The summed E-state index contributed by atoms with van der Waals surface area (Å²) >= 11 is 2.52. The number of ether oxygens (including phenoxy) is 2. The van der Waals surface area contributed by atoms with E-state index in [1.807, 2.05) is 12.3 Å². The summed E-state index contributed by atoms with van der Waals surface area (Å²) in [4.78, 5) is 40.4. The van der Waals surface area contributed by atoms with Crippen molar-refractivity contribution in [2.24, 2.45) is 0 Å². The third-order valence-electron chi connectivity index (χ3n) is 4.20. The number of nitrogens with zero attached hydrogens (tertiary/aromatic N) is 2. The number of carbonyl (C=O) groups is 2. The summed E-state index contributed by atoms with van der Waals surface area (Å²) in [6.07, 6.45) is -1.11. The zero-order valence-electron chi connectivity index (χ0n) is 17.4. The zero-order chi connectivity index (χ0) is 23.3. The number of amides is 1. The van der Waals surface area contributed by atoms with Crippen LogP contribution in [0.4, 0.5) is 11.4 Å². The number of aryl methyl sites for hydroxylation is 1. The van der Waals surface area contributed by atoms with Gasteiger partial charge in [0, 0.05) is 22.8 Å². The zero-order valence-corrected chi connectivity index (χ0v) is 19.0. The first-order valence-corrected chi connectivity index (χ1v) is 11.0. The van der Waals surface area contributed by atoms with Crippen molar-refractivity contribution in [1.29, 1.82) is 0 Å². The Morgan fingerprint density at radius 1 is 1.22 bits per heavy atom. The Labute approximate surface area is 191 Å². The monoisotopic (exact) mass is 473 g/mol. The molecule has 1 unspecified atom stereocenters. The number of nitro groups is 1. The van der Waals surface area contributed by atoms with Crippen LogP contribution in [0, 0.1) is 17.0 Å². The van der Waals surface area contributed by atoms with E-state index in [2.05, 4.69) is 10.3 Å². The second-order valence-corrected chi connectivity index (χ2v) is 8.71. The van der Waals surface area contributed by atoms with Gasteiger partial charge in [0.05, 0.1) is 22.5 Å². The molecule has 0 aliphatic carbocycles. The Kier molecular flexibility index (Phi) is 7.44. The first kappa shape index (κ1) is 23.2. The molecule has 1 aromatic heterocycles. The standard InChI is InChI=1S/C21H19N3O6S2/c1-12-11-31-21(22-12)32-18-9-4-14(10-17(18)24(27)28)20(26)30-13(2)19(25)23-15-5-7-16(29-3)8-6-15/h4-11,13H,1-3H3,(H,23,25). The second kappa shape index (κ2) is 10.2. The van der Waals surface area contributed by atoms with Gasteiger partial charge in [-0.15, -0.1) is 11.3 Å². The van der Waals surface area contributed by atoms with Crippen LogP contribution < -0.4 is 10.1 Å². The van der Waals surface area contributed by atoms with Gasteiger partial charge in [-0.05, 0) is 50.2 Å². The van der Waals surface area contributed by atoms with E-state index in [0.717, 1.165) is 23.5 Å². The molecule has 32 heavy (non-hydrogen) atoms. The number of carbonyl (C=O) groups excluding carboxylic acids is 2. The van der Waals surface area contributed by atoms with Crippen molar-refractivity contribution in [3.05, 3.63) is 69.2 Å². The SMILES string of the molecule is COc1ccc(NC(=O)C(C)OC(=O)c2ccc(Sc3nc(C)cs3)c([N+](=O)[O-])c2)cc1. The van der Waals surface area contributed by atoms with Gasteiger partial charge >= 0.3 is 5.97 Å². The first-order chi connectivity index (χ1) is 15.3. The van der Waals surface area contributed by atoms with E-state index >= 15 is 0 Å². The summed E-state index contributed by atoms with van der Waals surface area (Å²) in [5, 5.41) is 16.0. The molecule has 2 aromatic carbocycles. The topological polar surface area (TPSA) is 121 Å². The highest BCUT2D eigenvalue weighted by Crippen LogP contribution is 2.37. The molecule has 3 aromatic rings. The average molecular weight is 474 g/mol. The van der Waals surface area contributed by atoms with Gasteiger partial charge < -0.3 is 14.8 Å². The minimum absolute atomic E-state index is 0.0273. The Hall–Kier alpha value is -3.44. The molecule has 0 fully saturated rings. The van der Waals surface area contributed by atoms with Crippen LogP contribution in [-0.2, 0) is 9.53 Å². The summed E-state index contributed by atoms with van der Waals surface area (Å²) in [7, 11) is 1.53. The summed E-state index contributed by atoms with van der Waals surface area (Å²) in [5.74, 6) is -0.743. The Morgan fingerprint density at radius 3 is 2.53 bits per heavy atom. The molecule has 1 N–H and O–H groups in total. The highest BCUT2D eigenvalue weighted by atomic mass is 32.2. The molecule has 0 spiro atoms. The Bertz CT molecular complexity index is 1150. The maximum atomic E-state index is 12.5. The predicted octanol–water partition coefficient (Wildman–Crippen LogP) is 4.70. The van der Waals surface area contributed by atoms with E-state index in [4.69, 9.17) is 9.47 Å². The number of hydrogen-bond donors (Lipinski definition) is 1. The number of methoxy groups -OCH3 is 1. The van der Waals surface area contributed by atoms with Gasteiger partial charge in [-0.2, -0.15) is 0 Å². The van der Waals surface area contributed by atoms with E-state index in [1.54, 1.807) is 24.3 Å². The fourth-order valence-corrected chi connectivity index (χ4v) is 4.43. The van der Waals surface area contributed by atoms with Crippen LogP contribution in [0.15, 0.2) is 57.1 Å². The predicted molar refractivity (Wildman–Crippen MR) is 121 cm³/mol. The first-order valence-electron chi connectivity index (χ1n) is 9.31. The molecule has 0 aliphatic heterocycles. The summed E-state index contributed by atoms with van der Waals surface area (Å²) in [6.45, 7) is 3.25. The van der Waals surface area contributed by atoms with Crippen molar-refractivity contribution < 1.29 is 24.0 Å². The van der Waals surface area contributed by atoms with Gasteiger partial charge in [0.25, 0.3) is 11.6 Å². The molecule has 9 nitrogen and oxygen atoms in total. The lowest BCUT2D eigenvalue weighted by Crippen LogP contribution is -2.30. The molecule has 0 saturated carbocycles. The fraction of sp³-hybridized carbons (Fsp3) is 0.190. The Balaban J connectivity index is 1.68. The number of nitrogens with one attached hydrogen (secondary N) is 1. The van der Waals surface area contributed by atoms with Gasteiger partial charge in [-0.25, -0.2) is 9.78 Å². The van der Waals surface area contributed by atoms with Crippen LogP contribution in [0.3, 0.4) is 0 Å². The minimum Gasteiger partial charge on any atom is -0.497 e. The molecule has 0 radical (unpaired) electrons. The maximum Gasteiger partial charge on any atom is 0.339 e. The smallest absolute Gasteiger partial charge is 0.339 e. The number of nitro benzene ring substituents is 1. The number of thiazole rings is 1. The molecule has 1 amide bonds. The van der Waals surface area contributed by atoms with Crippen molar-refractivity contribution in [3.63, 3.8) is 0 Å². The van der Waals surface area contributed by atoms with Gasteiger partial charge in [-0.3, -0.25) is 14.9 Å². The molecule has 0 saturated heterocycles. The van der Waals surface area contributed by atoms with Crippen LogP contribution in [0.5, 0.6) is 5.75 Å². The number of esters is 1. The fourth-order valence-electron chi connectivity index (χ4n) is 2.55. The average Bonchev–Trinajstić information content (AvgIpc) is 3.18. The summed E-state index contributed by atoms with van der Waals surface area (Å²) < 4.78 is 10.9. The maximum absolute atomic E-state index is 12.5. The largest absolute Gasteiger partial charge is 0.497 e. The van der Waals surface area contributed by atoms with Crippen LogP contribution >= 0.6 is 23.1 Å². The van der Waals surface area contributed by atoms with Crippen LogP contribution in [-0.4, -0.2) is 35.0 Å². The van der Waals surface area contributed by atoms with Crippen molar-refractivity contribution >= 4 is 46.3 Å². The van der Waals surface area contributed by atoms with E-state index in [1.165, 1.54) is 37.5 Å². The third kappa shape index (κ3) is 5.83. The van der Waals surface area contributed by atoms with Crippen LogP contribution in [0.1, 0.15) is 23.0 Å². The third-order valence-corrected chi connectivity index (χ3v) is 6.32. The molecule has 0 aliphatic rings. The van der Waals surface area contributed by atoms with Crippen molar-refractivity contribution in [2.75, 3.05) is 12.4 Å². The lowest BCUT2D eigenvalue weighted by Gasteiger charge is -2.14. The van der Waals surface area contributed by atoms with Crippen molar-refractivity contribution in [3.8, 4) is 5.75 Å². The second-order valence-electron chi connectivity index (χ2n) is 6.56. The molecule has 3 rings (SSSR count). The highest BCUT2D eigenvalue weighted by Gasteiger charge is 2.23. The van der Waals surface area contributed by atoms with E-state index in [-0.39, 0.29) is 11.3 Å². The molecule has 11 heteroatoms. The molecular weight excluding hydrogens is 454 g/mol. The summed E-state index contributed by atoms with van der Waals surface area (Å²) in [5.41, 5.74) is 1.06. The van der Waals surface area contributed by atoms with E-state index in [0.29, 0.717) is 20.7 Å². The minimum atomic E-state index is -1.11. The molecular formula is C21H19N3O6S2. The van der Waals surface area contributed by atoms with Gasteiger partial charge in [-0.1, -0.05) is 11.8 Å². The van der Waals surface area contributed by atoms with E-state index in [9.17, 15) is 19.7 Å². The lowest BCUT2D eigenvalue weighted by atomic mass is 10.2. The summed E-state index contributed by atoms with van der Waals surface area (Å²) in [6, 6.07) is 10.7. The highest BCUT2D eigenvalue weighted by molar-refractivity contribution is 8.01. The number of hydrogen-bond acceptors (Lipinski definition) is 9. The molecule has 0 bridgehead atoms. The molecule has 1 heterocycles. The van der Waals surface area contributed by atoms with Gasteiger partial charge in [0.2, 0.25) is 0 Å². The Morgan fingerprint density at radius 2 is 1.94 bits per heavy atom. The van der Waals surface area contributed by atoms with Crippen LogP contribution in [0.25, 0.3) is 0 Å². The van der Waals surface area contributed by atoms with Crippen molar-refractivity contribution in [1.82, 2.24) is 4.98 Å². The molecule has 1 atom stereocenters. The lowest BCUT2D eigenvalue weighted by molar-refractivity contribution is -0.387. The normalized spacial score (nSPS) is 11.5. The number of benzene rings is 2.